The molecule has 176 valence electrons. The number of benzene rings is 3. The van der Waals surface area contributed by atoms with Gasteiger partial charge in [0.25, 0.3) is 5.91 Å². The van der Waals surface area contributed by atoms with Crippen molar-refractivity contribution in [2.24, 2.45) is 0 Å². The van der Waals surface area contributed by atoms with Crippen molar-refractivity contribution in [3.05, 3.63) is 107 Å². The van der Waals surface area contributed by atoms with Gasteiger partial charge in [-0.1, -0.05) is 42.5 Å². The second-order valence-corrected chi connectivity index (χ2v) is 8.86. The van der Waals surface area contributed by atoms with Crippen LogP contribution in [0.1, 0.15) is 32.4 Å². The zero-order valence-corrected chi connectivity index (χ0v) is 18.6. The van der Waals surface area contributed by atoms with Gasteiger partial charge in [-0.25, -0.2) is 4.39 Å². The zero-order chi connectivity index (χ0) is 24.3. The van der Waals surface area contributed by atoms with Crippen LogP contribution < -0.4 is 5.32 Å². The van der Waals surface area contributed by atoms with Gasteiger partial charge >= 0.3 is 6.18 Å². The molecule has 1 aliphatic rings. The topological polar surface area (TPSA) is 49.4 Å². The maximum atomic E-state index is 13.9. The quantitative estimate of drug-likeness (QED) is 0.488. The van der Waals surface area contributed by atoms with Crippen LogP contribution in [0.2, 0.25) is 0 Å². The van der Waals surface area contributed by atoms with Crippen molar-refractivity contribution in [3.63, 3.8) is 0 Å². The minimum Gasteiger partial charge on any atom is -0.350 e. The average Bonchev–Trinajstić information content (AvgIpc) is 3.27. The Bertz CT molecular complexity index is 1190. The van der Waals surface area contributed by atoms with Gasteiger partial charge in [0.2, 0.25) is 5.91 Å². The first kappa shape index (κ1) is 23.8. The summed E-state index contributed by atoms with van der Waals surface area (Å²) in [7, 11) is 0. The lowest BCUT2D eigenvalue weighted by Crippen LogP contribution is -2.47. The lowest BCUT2D eigenvalue weighted by atomic mass is 10.1. The van der Waals surface area contributed by atoms with E-state index >= 15 is 0 Å². The van der Waals surface area contributed by atoms with Gasteiger partial charge in [0.05, 0.1) is 5.56 Å². The SMILES string of the molecule is O=C(NCc1cccc(C(F)(F)F)c1)C1CSC(c2cccc(F)c2)N1C(=O)c1ccccc1. The Hall–Kier alpha value is -3.33. The highest BCUT2D eigenvalue weighted by atomic mass is 32.2. The number of rotatable bonds is 5. The van der Waals surface area contributed by atoms with E-state index in [1.54, 1.807) is 36.4 Å². The largest absolute Gasteiger partial charge is 0.416 e. The molecule has 3 aromatic rings. The van der Waals surface area contributed by atoms with Crippen molar-refractivity contribution in [1.82, 2.24) is 10.2 Å². The van der Waals surface area contributed by atoms with E-state index in [4.69, 9.17) is 0 Å². The van der Waals surface area contributed by atoms with Crippen LogP contribution in [0.3, 0.4) is 0 Å². The van der Waals surface area contributed by atoms with Crippen LogP contribution in [-0.4, -0.2) is 28.5 Å². The van der Waals surface area contributed by atoms with Crippen LogP contribution in [-0.2, 0) is 17.5 Å². The van der Waals surface area contributed by atoms with E-state index in [1.807, 2.05) is 0 Å². The molecule has 2 atom stereocenters. The molecule has 1 aliphatic heterocycles. The molecule has 0 aromatic heterocycles. The first-order valence-electron chi connectivity index (χ1n) is 10.4. The van der Waals surface area contributed by atoms with E-state index in [2.05, 4.69) is 5.32 Å². The average molecular weight is 489 g/mol. The molecule has 2 amide bonds. The molecule has 0 spiro atoms. The Morgan fingerprint density at radius 2 is 1.71 bits per heavy atom. The normalized spacial score (nSPS) is 18.1. The van der Waals surface area contributed by atoms with E-state index in [0.29, 0.717) is 11.1 Å². The van der Waals surface area contributed by atoms with Crippen molar-refractivity contribution in [2.45, 2.75) is 24.1 Å². The Morgan fingerprint density at radius 3 is 2.41 bits per heavy atom. The lowest BCUT2D eigenvalue weighted by molar-refractivity contribution is -0.137. The summed E-state index contributed by atoms with van der Waals surface area (Å²) in [5, 5.41) is 2.06. The summed E-state index contributed by atoms with van der Waals surface area (Å²) >= 11 is 1.33. The summed E-state index contributed by atoms with van der Waals surface area (Å²) in [6, 6.07) is 18.1. The van der Waals surface area contributed by atoms with Gasteiger partial charge in [0, 0.05) is 17.9 Å². The van der Waals surface area contributed by atoms with Crippen molar-refractivity contribution in [2.75, 3.05) is 5.75 Å². The minimum atomic E-state index is -4.49. The number of thioether (sulfide) groups is 1. The molecular weight excluding hydrogens is 468 g/mol. The van der Waals surface area contributed by atoms with Crippen molar-refractivity contribution < 1.29 is 27.2 Å². The summed E-state index contributed by atoms with van der Waals surface area (Å²) in [4.78, 5) is 27.9. The highest BCUT2D eigenvalue weighted by molar-refractivity contribution is 7.99. The number of nitrogens with zero attached hydrogens (tertiary/aromatic N) is 1. The molecule has 1 saturated heterocycles. The van der Waals surface area contributed by atoms with Gasteiger partial charge in [0.15, 0.2) is 0 Å². The van der Waals surface area contributed by atoms with E-state index in [1.165, 1.54) is 47.0 Å². The van der Waals surface area contributed by atoms with Gasteiger partial charge in [0.1, 0.15) is 17.2 Å². The fraction of sp³-hybridized carbons (Fsp3) is 0.200. The number of carbonyl (C=O) groups excluding carboxylic acids is 2. The van der Waals surface area contributed by atoms with Crippen molar-refractivity contribution in [3.8, 4) is 0 Å². The Labute approximate surface area is 198 Å². The molecular formula is C25H20F4N2O2S. The molecule has 0 radical (unpaired) electrons. The van der Waals surface area contributed by atoms with Gasteiger partial charge < -0.3 is 10.2 Å². The molecule has 3 aromatic carbocycles. The highest BCUT2D eigenvalue weighted by Crippen LogP contribution is 2.42. The maximum Gasteiger partial charge on any atom is 0.416 e. The maximum absolute atomic E-state index is 13.9. The fourth-order valence-electron chi connectivity index (χ4n) is 3.77. The lowest BCUT2D eigenvalue weighted by Gasteiger charge is -2.29. The third-order valence-corrected chi connectivity index (χ3v) is 6.74. The van der Waals surface area contributed by atoms with Gasteiger partial charge in [-0.15, -0.1) is 11.8 Å². The Morgan fingerprint density at radius 1 is 0.971 bits per heavy atom. The second-order valence-electron chi connectivity index (χ2n) is 7.75. The Kier molecular flexibility index (Phi) is 6.92. The number of carbonyl (C=O) groups is 2. The van der Waals surface area contributed by atoms with E-state index in [0.717, 1.165) is 12.1 Å². The summed E-state index contributed by atoms with van der Waals surface area (Å²) in [5.74, 6) is -1.08. The standard InChI is InChI=1S/C25H20F4N2O2S/c26-20-11-5-9-18(13-20)24-31(23(33)17-7-2-1-3-8-17)21(15-34-24)22(32)30-14-16-6-4-10-19(12-16)25(27,28)29/h1-13,21,24H,14-15H2,(H,30,32). The minimum absolute atomic E-state index is 0.123. The first-order valence-corrected chi connectivity index (χ1v) is 11.5. The molecule has 4 rings (SSSR count). The second kappa shape index (κ2) is 9.89. The third-order valence-electron chi connectivity index (χ3n) is 5.41. The van der Waals surface area contributed by atoms with E-state index in [-0.39, 0.29) is 23.8 Å². The van der Waals surface area contributed by atoms with Crippen LogP contribution in [0.25, 0.3) is 0 Å². The molecule has 1 heterocycles. The van der Waals surface area contributed by atoms with Gasteiger partial charge in [-0.2, -0.15) is 13.2 Å². The van der Waals surface area contributed by atoms with Crippen LogP contribution in [0, 0.1) is 5.82 Å². The molecule has 34 heavy (non-hydrogen) atoms. The molecule has 0 bridgehead atoms. The summed E-state index contributed by atoms with van der Waals surface area (Å²) in [6.45, 7) is -0.123. The summed E-state index contributed by atoms with van der Waals surface area (Å²) in [5.41, 5.74) is 0.406. The molecule has 0 aliphatic carbocycles. The predicted molar refractivity (Wildman–Crippen MR) is 121 cm³/mol. The molecule has 2 unspecified atom stereocenters. The van der Waals surface area contributed by atoms with Crippen molar-refractivity contribution >= 4 is 23.6 Å². The van der Waals surface area contributed by atoms with Crippen molar-refractivity contribution in [1.29, 1.82) is 0 Å². The predicted octanol–water partition coefficient (Wildman–Crippen LogP) is 5.42. The van der Waals surface area contributed by atoms with Gasteiger partial charge in [-0.3, -0.25) is 9.59 Å². The van der Waals surface area contributed by atoms with Crippen LogP contribution in [0.4, 0.5) is 17.6 Å². The van der Waals surface area contributed by atoms with Crippen LogP contribution in [0.5, 0.6) is 0 Å². The number of hydrogen-bond acceptors (Lipinski definition) is 3. The zero-order valence-electron chi connectivity index (χ0n) is 17.8. The number of nitrogens with one attached hydrogen (secondary N) is 1. The molecule has 1 fully saturated rings. The Balaban J connectivity index is 1.57. The molecule has 9 heteroatoms. The molecule has 4 nitrogen and oxygen atoms in total. The molecule has 0 saturated carbocycles. The van der Waals surface area contributed by atoms with Gasteiger partial charge in [-0.05, 0) is 47.5 Å². The van der Waals surface area contributed by atoms with Crippen LogP contribution >= 0.6 is 11.8 Å². The summed E-state index contributed by atoms with van der Waals surface area (Å²) in [6.07, 6.45) is -4.49. The third kappa shape index (κ3) is 5.25. The van der Waals surface area contributed by atoms with Crippen LogP contribution in [0.15, 0.2) is 78.9 Å². The monoisotopic (exact) mass is 488 g/mol. The number of amides is 2. The smallest absolute Gasteiger partial charge is 0.350 e. The van der Waals surface area contributed by atoms with E-state index < -0.39 is 34.9 Å². The van der Waals surface area contributed by atoms with E-state index in [9.17, 15) is 27.2 Å². The number of alkyl halides is 3. The molecule has 1 N–H and O–H groups in total. The highest BCUT2D eigenvalue weighted by Gasteiger charge is 2.42. The fourth-order valence-corrected chi connectivity index (χ4v) is 5.19. The number of halogens is 4. The number of hydrogen-bond donors (Lipinski definition) is 1. The summed E-state index contributed by atoms with van der Waals surface area (Å²) < 4.78 is 52.8. The first-order chi connectivity index (χ1) is 16.2.